The minimum atomic E-state index is -0.434. The summed E-state index contributed by atoms with van der Waals surface area (Å²) < 4.78 is 5.50. The fourth-order valence-electron chi connectivity index (χ4n) is 2.58. The van der Waals surface area contributed by atoms with Gasteiger partial charge in [0.05, 0.1) is 11.1 Å². The molecule has 0 aliphatic carbocycles. The van der Waals surface area contributed by atoms with E-state index in [0.29, 0.717) is 16.9 Å². The van der Waals surface area contributed by atoms with Crippen molar-refractivity contribution in [1.82, 2.24) is 4.98 Å². The van der Waals surface area contributed by atoms with Crippen molar-refractivity contribution in [1.29, 1.82) is 0 Å². The molecule has 3 aromatic rings. The third-order valence-corrected chi connectivity index (χ3v) is 4.02. The number of rotatable bonds is 4. The van der Waals surface area contributed by atoms with E-state index in [9.17, 15) is 9.59 Å². The van der Waals surface area contributed by atoms with E-state index in [0.717, 1.165) is 16.6 Å². The second-order valence-electron chi connectivity index (χ2n) is 6.24. The molecule has 4 nitrogen and oxygen atoms in total. The highest BCUT2D eigenvalue weighted by Gasteiger charge is 2.16. The van der Waals surface area contributed by atoms with Gasteiger partial charge in [-0.2, -0.15) is 0 Å². The number of hydrogen-bond acceptors (Lipinski definition) is 4. The molecule has 0 radical (unpaired) electrons. The second kappa shape index (κ2) is 6.85. The molecule has 0 aliphatic heterocycles. The van der Waals surface area contributed by atoms with Crippen LogP contribution in [-0.4, -0.2) is 16.7 Å². The standard InChI is InChI=1S/C21H19NO3/c1-13(2)20-12-18(17-6-4-5-7-19(17)22-20)21(24)25-16-10-8-15(9-11-16)14(3)23/h4-13H,1-3H3. The van der Waals surface area contributed by atoms with Crippen LogP contribution in [0.15, 0.2) is 54.6 Å². The molecule has 0 atom stereocenters. The maximum absolute atomic E-state index is 12.7. The van der Waals surface area contributed by atoms with Crippen LogP contribution in [0.25, 0.3) is 10.9 Å². The van der Waals surface area contributed by atoms with Crippen LogP contribution in [0.1, 0.15) is 53.1 Å². The summed E-state index contributed by atoms with van der Waals surface area (Å²) in [7, 11) is 0. The van der Waals surface area contributed by atoms with Crippen LogP contribution in [0.5, 0.6) is 5.75 Å². The molecule has 0 saturated carbocycles. The van der Waals surface area contributed by atoms with Crippen LogP contribution in [0, 0.1) is 0 Å². The Kier molecular flexibility index (Phi) is 4.61. The zero-order chi connectivity index (χ0) is 18.0. The Labute approximate surface area is 146 Å². The number of hydrogen-bond donors (Lipinski definition) is 0. The number of ether oxygens (including phenoxy) is 1. The molecule has 2 aromatic carbocycles. The minimum Gasteiger partial charge on any atom is -0.423 e. The molecule has 0 spiro atoms. The van der Waals surface area contributed by atoms with Gasteiger partial charge in [-0.25, -0.2) is 4.79 Å². The van der Waals surface area contributed by atoms with Gasteiger partial charge in [0.1, 0.15) is 5.75 Å². The smallest absolute Gasteiger partial charge is 0.344 e. The van der Waals surface area contributed by atoms with Crippen molar-refractivity contribution < 1.29 is 14.3 Å². The van der Waals surface area contributed by atoms with Crippen molar-refractivity contribution in [2.24, 2.45) is 0 Å². The van der Waals surface area contributed by atoms with Gasteiger partial charge in [-0.3, -0.25) is 9.78 Å². The Bertz CT molecular complexity index is 943. The average Bonchev–Trinajstić information content (AvgIpc) is 2.61. The fraction of sp³-hybridized carbons (Fsp3) is 0.190. The normalized spacial score (nSPS) is 10.9. The number of fused-ring (bicyclic) bond motifs is 1. The van der Waals surface area contributed by atoms with E-state index in [1.54, 1.807) is 30.3 Å². The fourth-order valence-corrected chi connectivity index (χ4v) is 2.58. The van der Waals surface area contributed by atoms with Crippen molar-refractivity contribution in [3.63, 3.8) is 0 Å². The summed E-state index contributed by atoms with van der Waals surface area (Å²) in [5.74, 6) is 0.142. The van der Waals surface area contributed by atoms with Gasteiger partial charge >= 0.3 is 5.97 Å². The Morgan fingerprint density at radius 2 is 1.68 bits per heavy atom. The number of carbonyl (C=O) groups excluding carboxylic acids is 2. The zero-order valence-corrected chi connectivity index (χ0v) is 14.4. The molecule has 0 bridgehead atoms. The zero-order valence-electron chi connectivity index (χ0n) is 14.4. The van der Waals surface area contributed by atoms with Gasteiger partial charge in [0, 0.05) is 16.6 Å². The molecule has 0 amide bonds. The van der Waals surface area contributed by atoms with Crippen molar-refractivity contribution in [2.75, 3.05) is 0 Å². The molecule has 4 heteroatoms. The lowest BCUT2D eigenvalue weighted by atomic mass is 10.0. The van der Waals surface area contributed by atoms with Crippen LogP contribution in [0.3, 0.4) is 0 Å². The molecule has 1 aromatic heterocycles. The Balaban J connectivity index is 1.97. The van der Waals surface area contributed by atoms with Crippen LogP contribution < -0.4 is 4.74 Å². The van der Waals surface area contributed by atoms with E-state index in [1.807, 2.05) is 38.1 Å². The first kappa shape index (κ1) is 16.8. The lowest BCUT2D eigenvalue weighted by Gasteiger charge is -2.11. The van der Waals surface area contributed by atoms with Crippen molar-refractivity contribution in [3.8, 4) is 5.75 Å². The van der Waals surface area contributed by atoms with E-state index in [2.05, 4.69) is 4.98 Å². The molecule has 3 rings (SSSR count). The average molecular weight is 333 g/mol. The third kappa shape index (κ3) is 3.58. The molecule has 1 heterocycles. The van der Waals surface area contributed by atoms with E-state index >= 15 is 0 Å². The first-order valence-corrected chi connectivity index (χ1v) is 8.18. The van der Waals surface area contributed by atoms with E-state index in [1.165, 1.54) is 6.92 Å². The van der Waals surface area contributed by atoms with Gasteiger partial charge in [0.15, 0.2) is 5.78 Å². The maximum atomic E-state index is 12.7. The van der Waals surface area contributed by atoms with Crippen LogP contribution in [0.2, 0.25) is 0 Å². The summed E-state index contributed by atoms with van der Waals surface area (Å²) >= 11 is 0. The lowest BCUT2D eigenvalue weighted by Crippen LogP contribution is -2.11. The summed E-state index contributed by atoms with van der Waals surface area (Å²) in [5, 5.41) is 0.761. The Hall–Kier alpha value is -3.01. The number of esters is 1. The number of carbonyl (C=O) groups is 2. The molecule has 0 unspecified atom stereocenters. The number of benzene rings is 2. The summed E-state index contributed by atoms with van der Waals surface area (Å²) in [6.07, 6.45) is 0. The molecule has 0 saturated heterocycles. The molecule has 0 fully saturated rings. The van der Waals surface area contributed by atoms with Gasteiger partial charge in [0.25, 0.3) is 0 Å². The van der Waals surface area contributed by atoms with E-state index in [-0.39, 0.29) is 11.7 Å². The minimum absolute atomic E-state index is 0.0282. The number of pyridine rings is 1. The van der Waals surface area contributed by atoms with Gasteiger partial charge in [-0.1, -0.05) is 32.0 Å². The van der Waals surface area contributed by atoms with Crippen LogP contribution in [0.4, 0.5) is 0 Å². The summed E-state index contributed by atoms with van der Waals surface area (Å²) in [6.45, 7) is 5.57. The van der Waals surface area contributed by atoms with Gasteiger partial charge < -0.3 is 4.74 Å². The molecule has 0 N–H and O–H groups in total. The van der Waals surface area contributed by atoms with Crippen LogP contribution >= 0.6 is 0 Å². The Morgan fingerprint density at radius 3 is 2.32 bits per heavy atom. The SMILES string of the molecule is CC(=O)c1ccc(OC(=O)c2cc(C(C)C)nc3ccccc23)cc1. The highest BCUT2D eigenvalue weighted by Crippen LogP contribution is 2.24. The second-order valence-corrected chi connectivity index (χ2v) is 6.24. The molecule has 126 valence electrons. The number of aromatic nitrogens is 1. The quantitative estimate of drug-likeness (QED) is 0.392. The van der Waals surface area contributed by atoms with Crippen molar-refractivity contribution in [2.45, 2.75) is 26.7 Å². The molecular formula is C21H19NO3. The monoisotopic (exact) mass is 333 g/mol. The lowest BCUT2D eigenvalue weighted by molar-refractivity contribution is 0.0736. The molecular weight excluding hydrogens is 314 g/mol. The van der Waals surface area contributed by atoms with Crippen molar-refractivity contribution >= 4 is 22.7 Å². The number of Topliss-reactive ketones (excluding diaryl/α,β-unsaturated/α-hetero) is 1. The first-order valence-electron chi connectivity index (χ1n) is 8.18. The third-order valence-electron chi connectivity index (χ3n) is 4.02. The van der Waals surface area contributed by atoms with Crippen LogP contribution in [-0.2, 0) is 0 Å². The van der Waals surface area contributed by atoms with E-state index in [4.69, 9.17) is 4.74 Å². The highest BCUT2D eigenvalue weighted by atomic mass is 16.5. The van der Waals surface area contributed by atoms with Gasteiger partial charge in [-0.15, -0.1) is 0 Å². The summed E-state index contributed by atoms with van der Waals surface area (Å²) in [4.78, 5) is 28.6. The predicted molar refractivity (Wildman–Crippen MR) is 97.2 cm³/mol. The van der Waals surface area contributed by atoms with Gasteiger partial charge in [0.2, 0.25) is 0 Å². The summed E-state index contributed by atoms with van der Waals surface area (Å²) in [6, 6.07) is 15.9. The summed E-state index contributed by atoms with van der Waals surface area (Å²) in [5.41, 5.74) is 2.69. The van der Waals surface area contributed by atoms with Crippen molar-refractivity contribution in [3.05, 3.63) is 71.4 Å². The number of para-hydroxylation sites is 1. The maximum Gasteiger partial charge on any atom is 0.344 e. The molecule has 0 aliphatic rings. The largest absolute Gasteiger partial charge is 0.423 e. The number of nitrogens with zero attached hydrogens (tertiary/aromatic N) is 1. The first-order chi connectivity index (χ1) is 12.0. The molecule has 25 heavy (non-hydrogen) atoms. The highest BCUT2D eigenvalue weighted by molar-refractivity contribution is 6.04. The predicted octanol–water partition coefficient (Wildman–Crippen LogP) is 4.78. The van der Waals surface area contributed by atoms with E-state index < -0.39 is 5.97 Å². The topological polar surface area (TPSA) is 56.3 Å². The Morgan fingerprint density at radius 1 is 1.00 bits per heavy atom. The van der Waals surface area contributed by atoms with Gasteiger partial charge in [-0.05, 0) is 49.2 Å². The number of ketones is 1.